The number of anilines is 1. The average Bonchev–Trinajstić information content (AvgIpc) is 2.63. The number of benzene rings is 1. The van der Waals surface area contributed by atoms with E-state index in [9.17, 15) is 13.2 Å². The third kappa shape index (κ3) is 9.99. The molecule has 0 heterocycles. The van der Waals surface area contributed by atoms with Gasteiger partial charge in [0.1, 0.15) is 0 Å². The highest BCUT2D eigenvalue weighted by Gasteiger charge is 2.21. The van der Waals surface area contributed by atoms with Crippen LogP contribution in [-0.4, -0.2) is 78.2 Å². The van der Waals surface area contributed by atoms with E-state index in [0.717, 1.165) is 0 Å². The first-order valence-corrected chi connectivity index (χ1v) is 10.1. The molecule has 0 fully saturated rings. The molecule has 1 rings (SSSR count). The Morgan fingerprint density at radius 2 is 1.52 bits per heavy atom. The molecule has 11 nitrogen and oxygen atoms in total. The lowest BCUT2D eigenvalue weighted by Gasteiger charge is -2.18. The number of nitrogens with zero attached hydrogens (tertiary/aromatic N) is 1. The van der Waals surface area contributed by atoms with Gasteiger partial charge in [0, 0.05) is 25.3 Å². The molecule has 0 radical (unpaired) electrons. The van der Waals surface area contributed by atoms with E-state index in [1.165, 1.54) is 16.4 Å². The van der Waals surface area contributed by atoms with Crippen molar-refractivity contribution in [3.63, 3.8) is 0 Å². The summed E-state index contributed by atoms with van der Waals surface area (Å²) in [5, 5.41) is 29.3. The van der Waals surface area contributed by atoms with E-state index < -0.39 is 28.1 Å². The fourth-order valence-corrected chi connectivity index (χ4v) is 3.48. The summed E-state index contributed by atoms with van der Waals surface area (Å²) in [6.45, 7) is 6.42. The molecule has 0 bridgehead atoms. The van der Waals surface area contributed by atoms with E-state index in [2.05, 4.69) is 10.6 Å². The quantitative estimate of drug-likeness (QED) is 0.330. The minimum Gasteiger partial charge on any atom is -0.473 e. The first-order chi connectivity index (χ1) is 13.4. The fourth-order valence-electron chi connectivity index (χ4n) is 2.02. The lowest BCUT2D eigenvalue weighted by atomic mass is 10.3. The Labute approximate surface area is 169 Å². The Hall–Kier alpha value is -2.54. The number of rotatable bonds is 9. The van der Waals surface area contributed by atoms with E-state index in [1.807, 2.05) is 0 Å². The number of sulfonamides is 1. The maximum atomic E-state index is 12.3. The minimum absolute atomic E-state index is 0.0738. The van der Waals surface area contributed by atoms with Crippen molar-refractivity contribution in [1.29, 1.82) is 0 Å². The molecule has 1 amide bonds. The van der Waals surface area contributed by atoms with Crippen LogP contribution in [-0.2, 0) is 24.4 Å². The zero-order valence-electron chi connectivity index (χ0n) is 16.5. The molecule has 1 atom stereocenters. The number of carbonyl (C=O) groups is 3. The van der Waals surface area contributed by atoms with Crippen molar-refractivity contribution in [1.82, 2.24) is 9.62 Å². The van der Waals surface area contributed by atoms with Gasteiger partial charge in [-0.1, -0.05) is 13.8 Å². The molecule has 0 aromatic heterocycles. The van der Waals surface area contributed by atoms with E-state index in [4.69, 9.17) is 24.9 Å². The fraction of sp³-hybridized carbons (Fsp3) is 0.471. The highest BCUT2D eigenvalue weighted by Crippen LogP contribution is 2.18. The standard InChI is InChI=1S/C15H25N3O4S.C2H2O4/c1-4-18(5-2)23(21,22)14-8-6-13(7-9-14)17-15(20)11-16-10-12(3)19;3-1(4)2(5)6/h6-9,12,16,19H,4-5,10-11H2,1-3H3,(H,17,20);(H,3,4)(H,5,6). The van der Waals surface area contributed by atoms with Crippen LogP contribution in [0.4, 0.5) is 5.69 Å². The second-order valence-corrected chi connectivity index (χ2v) is 7.69. The van der Waals surface area contributed by atoms with Crippen molar-refractivity contribution in [2.45, 2.75) is 31.8 Å². The maximum absolute atomic E-state index is 12.3. The van der Waals surface area contributed by atoms with Crippen LogP contribution in [0.1, 0.15) is 20.8 Å². The Morgan fingerprint density at radius 3 is 1.90 bits per heavy atom. The predicted molar refractivity (Wildman–Crippen MR) is 105 cm³/mol. The lowest BCUT2D eigenvalue weighted by Crippen LogP contribution is -2.32. The number of hydrogen-bond acceptors (Lipinski definition) is 7. The summed E-state index contributed by atoms with van der Waals surface area (Å²) < 4.78 is 26.1. The van der Waals surface area contributed by atoms with Crippen molar-refractivity contribution >= 4 is 33.6 Å². The summed E-state index contributed by atoms with van der Waals surface area (Å²) in [4.78, 5) is 30.1. The lowest BCUT2D eigenvalue weighted by molar-refractivity contribution is -0.159. The monoisotopic (exact) mass is 433 g/mol. The van der Waals surface area contributed by atoms with Crippen molar-refractivity contribution in [3.05, 3.63) is 24.3 Å². The molecule has 1 aromatic rings. The van der Waals surface area contributed by atoms with Crippen LogP contribution in [0.15, 0.2) is 29.2 Å². The number of hydrogen-bond donors (Lipinski definition) is 5. The normalized spacial score (nSPS) is 11.9. The van der Waals surface area contributed by atoms with E-state index in [0.29, 0.717) is 25.3 Å². The average molecular weight is 433 g/mol. The Balaban J connectivity index is 0.00000113. The predicted octanol–water partition coefficient (Wildman–Crippen LogP) is -0.218. The van der Waals surface area contributed by atoms with Gasteiger partial charge < -0.3 is 26.0 Å². The van der Waals surface area contributed by atoms with Gasteiger partial charge in [0.15, 0.2) is 0 Å². The second kappa shape index (κ2) is 12.8. The molecular formula is C17H27N3O8S. The maximum Gasteiger partial charge on any atom is 0.414 e. The molecule has 0 saturated heterocycles. The van der Waals surface area contributed by atoms with Crippen LogP contribution in [0.3, 0.4) is 0 Å². The molecule has 0 saturated carbocycles. The van der Waals surface area contributed by atoms with Gasteiger partial charge in [0.2, 0.25) is 15.9 Å². The summed E-state index contributed by atoms with van der Waals surface area (Å²) in [5.41, 5.74) is 0.521. The molecule has 1 unspecified atom stereocenters. The minimum atomic E-state index is -3.49. The molecule has 5 N–H and O–H groups in total. The number of aliphatic hydroxyl groups excluding tert-OH is 1. The van der Waals surface area contributed by atoms with Gasteiger partial charge in [0.05, 0.1) is 17.5 Å². The molecule has 0 aliphatic heterocycles. The topological polar surface area (TPSA) is 173 Å². The summed E-state index contributed by atoms with van der Waals surface area (Å²) in [7, 11) is -3.49. The molecule has 0 spiro atoms. The number of aliphatic hydroxyl groups is 1. The van der Waals surface area contributed by atoms with Gasteiger partial charge in [-0.2, -0.15) is 4.31 Å². The van der Waals surface area contributed by atoms with E-state index in [1.54, 1.807) is 32.9 Å². The van der Waals surface area contributed by atoms with Gasteiger partial charge in [-0.05, 0) is 31.2 Å². The van der Waals surface area contributed by atoms with Gasteiger partial charge in [-0.15, -0.1) is 0 Å². The van der Waals surface area contributed by atoms with Gasteiger partial charge >= 0.3 is 11.9 Å². The molecular weight excluding hydrogens is 406 g/mol. The molecule has 29 heavy (non-hydrogen) atoms. The SMILES string of the molecule is CCN(CC)S(=O)(=O)c1ccc(NC(=O)CNCC(C)O)cc1.O=C(O)C(=O)O. The summed E-state index contributed by atoms with van der Waals surface area (Å²) in [5.74, 6) is -3.91. The molecule has 12 heteroatoms. The van der Waals surface area contributed by atoms with Crippen molar-refractivity contribution in [2.75, 3.05) is 31.5 Å². The van der Waals surface area contributed by atoms with Crippen LogP contribution in [0.5, 0.6) is 0 Å². The summed E-state index contributed by atoms with van der Waals surface area (Å²) in [6, 6.07) is 6.07. The van der Waals surface area contributed by atoms with Crippen LogP contribution < -0.4 is 10.6 Å². The molecule has 0 aliphatic carbocycles. The number of carboxylic acid groups (broad SMARTS) is 2. The summed E-state index contributed by atoms with van der Waals surface area (Å²) in [6.07, 6.45) is -0.521. The van der Waals surface area contributed by atoms with Crippen LogP contribution in [0.2, 0.25) is 0 Å². The van der Waals surface area contributed by atoms with Gasteiger partial charge in [0.25, 0.3) is 0 Å². The van der Waals surface area contributed by atoms with Crippen molar-refractivity contribution < 1.29 is 38.1 Å². The van der Waals surface area contributed by atoms with Gasteiger partial charge in [-0.3, -0.25) is 4.79 Å². The molecule has 0 aliphatic rings. The van der Waals surface area contributed by atoms with Gasteiger partial charge in [-0.25, -0.2) is 18.0 Å². The number of carbonyl (C=O) groups excluding carboxylic acids is 1. The molecule has 164 valence electrons. The third-order valence-electron chi connectivity index (χ3n) is 3.39. The highest BCUT2D eigenvalue weighted by atomic mass is 32.2. The summed E-state index contributed by atoms with van der Waals surface area (Å²) >= 11 is 0. The van der Waals surface area contributed by atoms with E-state index >= 15 is 0 Å². The third-order valence-corrected chi connectivity index (χ3v) is 5.45. The van der Waals surface area contributed by atoms with Crippen LogP contribution in [0.25, 0.3) is 0 Å². The number of nitrogens with one attached hydrogen (secondary N) is 2. The Morgan fingerprint density at radius 1 is 1.03 bits per heavy atom. The Kier molecular flexibility index (Phi) is 11.7. The number of carboxylic acids is 2. The zero-order chi connectivity index (χ0) is 22.6. The number of aliphatic carboxylic acids is 2. The van der Waals surface area contributed by atoms with Crippen LogP contribution >= 0.6 is 0 Å². The largest absolute Gasteiger partial charge is 0.473 e. The van der Waals surface area contributed by atoms with Crippen LogP contribution in [0, 0.1) is 0 Å². The second-order valence-electron chi connectivity index (χ2n) is 5.75. The highest BCUT2D eigenvalue weighted by molar-refractivity contribution is 7.89. The molecule has 1 aromatic carbocycles. The van der Waals surface area contributed by atoms with E-state index in [-0.39, 0.29) is 17.3 Å². The smallest absolute Gasteiger partial charge is 0.414 e. The van der Waals surface area contributed by atoms with Crippen molar-refractivity contribution in [3.8, 4) is 0 Å². The number of amides is 1. The first-order valence-electron chi connectivity index (χ1n) is 8.70. The zero-order valence-corrected chi connectivity index (χ0v) is 17.3. The first kappa shape index (κ1) is 26.5. The Bertz CT molecular complexity index is 762. The van der Waals surface area contributed by atoms with Crippen molar-refractivity contribution in [2.24, 2.45) is 0 Å².